The van der Waals surface area contributed by atoms with E-state index in [1.807, 2.05) is 0 Å². The molecule has 0 radical (unpaired) electrons. The van der Waals surface area contributed by atoms with Crippen LogP contribution in [0.4, 0.5) is 17.6 Å². The van der Waals surface area contributed by atoms with E-state index in [9.17, 15) is 27.5 Å². The highest BCUT2D eigenvalue weighted by Gasteiger charge is 2.29. The van der Waals surface area contributed by atoms with E-state index in [1.54, 1.807) is 29.7 Å². The molecule has 2 aromatic heterocycles. The van der Waals surface area contributed by atoms with Gasteiger partial charge in [-0.3, -0.25) is 4.79 Å². The third-order valence-electron chi connectivity index (χ3n) is 5.24. The van der Waals surface area contributed by atoms with Gasteiger partial charge in [-0.2, -0.15) is 13.2 Å². The van der Waals surface area contributed by atoms with Gasteiger partial charge in [-0.05, 0) is 36.6 Å². The highest BCUT2D eigenvalue weighted by molar-refractivity contribution is 6.06. The minimum absolute atomic E-state index is 0.0358. The molecule has 0 aliphatic rings. The lowest BCUT2D eigenvalue weighted by molar-refractivity contribution is -0.141. The number of halogens is 4. The lowest BCUT2D eigenvalue weighted by Gasteiger charge is -2.15. The third kappa shape index (κ3) is 3.69. The standard InChI is InChI=1S/C23H18F4N2O2/c1-13(30)10-29-14(2)21(18-9-15(24)7-8-20(18)29)19-11-28(12-23(25,26)27)22(31)17-6-4-3-5-16(17)19/h3-9,11,30H,1,10,12H2,2H3. The predicted molar refractivity (Wildman–Crippen MR) is 112 cm³/mol. The van der Waals surface area contributed by atoms with E-state index >= 15 is 0 Å². The number of aromatic nitrogens is 2. The van der Waals surface area contributed by atoms with Gasteiger partial charge in [0.25, 0.3) is 5.56 Å². The van der Waals surface area contributed by atoms with Crippen molar-refractivity contribution in [2.75, 3.05) is 0 Å². The molecule has 2 heterocycles. The van der Waals surface area contributed by atoms with Crippen LogP contribution in [-0.2, 0) is 13.1 Å². The molecule has 4 rings (SSSR count). The minimum Gasteiger partial charge on any atom is -0.511 e. The molecule has 2 aromatic carbocycles. The molecule has 1 N–H and O–H groups in total. The molecule has 0 spiro atoms. The Kier molecular flexibility index (Phi) is 4.88. The van der Waals surface area contributed by atoms with Crippen molar-refractivity contribution in [1.82, 2.24) is 9.13 Å². The van der Waals surface area contributed by atoms with Gasteiger partial charge < -0.3 is 14.2 Å². The van der Waals surface area contributed by atoms with Crippen molar-refractivity contribution in [3.8, 4) is 11.1 Å². The summed E-state index contributed by atoms with van der Waals surface area (Å²) < 4.78 is 55.9. The first-order chi connectivity index (χ1) is 14.6. The monoisotopic (exact) mass is 430 g/mol. The molecule has 0 fully saturated rings. The van der Waals surface area contributed by atoms with E-state index in [1.165, 1.54) is 30.5 Å². The molecular formula is C23H18F4N2O2. The zero-order valence-electron chi connectivity index (χ0n) is 16.5. The van der Waals surface area contributed by atoms with Crippen molar-refractivity contribution >= 4 is 21.7 Å². The summed E-state index contributed by atoms with van der Waals surface area (Å²) in [5.74, 6) is -0.635. The van der Waals surface area contributed by atoms with Gasteiger partial charge >= 0.3 is 6.18 Å². The first-order valence-corrected chi connectivity index (χ1v) is 9.41. The topological polar surface area (TPSA) is 47.2 Å². The van der Waals surface area contributed by atoms with Crippen LogP contribution < -0.4 is 5.56 Å². The maximum absolute atomic E-state index is 14.1. The van der Waals surface area contributed by atoms with Crippen molar-refractivity contribution in [2.45, 2.75) is 26.2 Å². The zero-order chi connectivity index (χ0) is 22.5. The Morgan fingerprint density at radius 1 is 1.10 bits per heavy atom. The molecule has 0 unspecified atom stereocenters. The zero-order valence-corrected chi connectivity index (χ0v) is 16.5. The van der Waals surface area contributed by atoms with Gasteiger partial charge in [0.2, 0.25) is 0 Å². The van der Waals surface area contributed by atoms with Crippen LogP contribution in [0, 0.1) is 12.7 Å². The van der Waals surface area contributed by atoms with Crippen molar-refractivity contribution in [2.24, 2.45) is 0 Å². The minimum atomic E-state index is -4.59. The lowest BCUT2D eigenvalue weighted by Crippen LogP contribution is -2.28. The highest BCUT2D eigenvalue weighted by Crippen LogP contribution is 2.38. The second-order valence-electron chi connectivity index (χ2n) is 7.41. The molecule has 0 saturated carbocycles. The summed E-state index contributed by atoms with van der Waals surface area (Å²) in [6.45, 7) is 3.82. The molecule has 0 aliphatic heterocycles. The van der Waals surface area contributed by atoms with Gasteiger partial charge in [0.1, 0.15) is 18.1 Å². The van der Waals surface area contributed by atoms with Gasteiger partial charge in [-0.15, -0.1) is 0 Å². The van der Waals surface area contributed by atoms with Crippen LogP contribution in [0.15, 0.2) is 65.8 Å². The Morgan fingerprint density at radius 3 is 2.42 bits per heavy atom. The fourth-order valence-corrected chi connectivity index (χ4v) is 4.03. The van der Waals surface area contributed by atoms with Crippen molar-refractivity contribution in [3.05, 3.63) is 82.9 Å². The average molecular weight is 430 g/mol. The van der Waals surface area contributed by atoms with Gasteiger partial charge in [0.15, 0.2) is 0 Å². The number of nitrogens with zero attached hydrogens (tertiary/aromatic N) is 2. The fourth-order valence-electron chi connectivity index (χ4n) is 4.03. The van der Waals surface area contributed by atoms with Crippen molar-refractivity contribution in [3.63, 3.8) is 0 Å². The molecule has 0 aliphatic carbocycles. The first kappa shape index (κ1) is 20.7. The van der Waals surface area contributed by atoms with E-state index in [0.29, 0.717) is 37.7 Å². The molecule has 160 valence electrons. The van der Waals surface area contributed by atoms with Crippen LogP contribution in [0.1, 0.15) is 5.69 Å². The summed E-state index contributed by atoms with van der Waals surface area (Å²) in [6.07, 6.45) is -3.42. The average Bonchev–Trinajstić information content (AvgIpc) is 2.94. The lowest BCUT2D eigenvalue weighted by atomic mass is 9.98. The Hall–Kier alpha value is -3.55. The van der Waals surface area contributed by atoms with Crippen LogP contribution in [0.2, 0.25) is 0 Å². The smallest absolute Gasteiger partial charge is 0.406 e. The second-order valence-corrected chi connectivity index (χ2v) is 7.41. The van der Waals surface area contributed by atoms with E-state index < -0.39 is 24.1 Å². The quantitative estimate of drug-likeness (QED) is 0.333. The highest BCUT2D eigenvalue weighted by atomic mass is 19.4. The number of pyridine rings is 1. The van der Waals surface area contributed by atoms with Crippen LogP contribution in [0.25, 0.3) is 32.8 Å². The van der Waals surface area contributed by atoms with Crippen LogP contribution in [0.5, 0.6) is 0 Å². The number of fused-ring (bicyclic) bond motifs is 2. The number of allylic oxidation sites excluding steroid dienone is 1. The van der Waals surface area contributed by atoms with E-state index in [0.717, 1.165) is 0 Å². The van der Waals surface area contributed by atoms with Crippen LogP contribution >= 0.6 is 0 Å². The summed E-state index contributed by atoms with van der Waals surface area (Å²) >= 11 is 0. The molecule has 31 heavy (non-hydrogen) atoms. The summed E-state index contributed by atoms with van der Waals surface area (Å²) in [4.78, 5) is 12.7. The Labute approximate surface area is 174 Å². The third-order valence-corrected chi connectivity index (χ3v) is 5.24. The number of benzene rings is 2. The molecule has 0 atom stereocenters. The molecule has 0 bridgehead atoms. The Bertz CT molecular complexity index is 1400. The number of hydrogen-bond donors (Lipinski definition) is 1. The molecule has 0 amide bonds. The number of hydrogen-bond acceptors (Lipinski definition) is 2. The summed E-state index contributed by atoms with van der Waals surface area (Å²) in [5, 5.41) is 10.8. The van der Waals surface area contributed by atoms with Gasteiger partial charge in [0, 0.05) is 39.3 Å². The summed E-state index contributed by atoms with van der Waals surface area (Å²) in [5.41, 5.74) is 1.28. The van der Waals surface area contributed by atoms with Gasteiger partial charge in [0.05, 0.1) is 6.54 Å². The van der Waals surface area contributed by atoms with E-state index in [2.05, 4.69) is 6.58 Å². The summed E-state index contributed by atoms with van der Waals surface area (Å²) in [7, 11) is 0. The molecule has 4 aromatic rings. The molecular weight excluding hydrogens is 412 g/mol. The maximum atomic E-state index is 14.1. The first-order valence-electron chi connectivity index (χ1n) is 9.41. The Morgan fingerprint density at radius 2 is 1.77 bits per heavy atom. The predicted octanol–water partition coefficient (Wildman–Crippen LogP) is 5.70. The molecule has 4 nitrogen and oxygen atoms in total. The summed E-state index contributed by atoms with van der Waals surface area (Å²) in [6, 6.07) is 10.5. The molecule has 8 heteroatoms. The van der Waals surface area contributed by atoms with E-state index in [-0.39, 0.29) is 17.7 Å². The van der Waals surface area contributed by atoms with Gasteiger partial charge in [-0.1, -0.05) is 24.8 Å². The van der Waals surface area contributed by atoms with E-state index in [4.69, 9.17) is 0 Å². The van der Waals surface area contributed by atoms with Gasteiger partial charge in [-0.25, -0.2) is 4.39 Å². The van der Waals surface area contributed by atoms with Crippen molar-refractivity contribution < 1.29 is 22.7 Å². The number of alkyl halides is 3. The molecule has 0 saturated heterocycles. The largest absolute Gasteiger partial charge is 0.511 e. The van der Waals surface area contributed by atoms with Crippen LogP contribution in [0.3, 0.4) is 0 Å². The SMILES string of the molecule is C=C(O)Cn1c(C)c(-c2cn(CC(F)(F)F)c(=O)c3ccccc23)c2cc(F)ccc21. The van der Waals surface area contributed by atoms with Crippen LogP contribution in [-0.4, -0.2) is 20.4 Å². The normalized spacial score (nSPS) is 12.0. The second kappa shape index (κ2) is 7.30. The Balaban J connectivity index is 2.13. The number of rotatable bonds is 4. The fraction of sp³-hybridized carbons (Fsp3) is 0.174. The van der Waals surface area contributed by atoms with Crippen molar-refractivity contribution in [1.29, 1.82) is 0 Å². The maximum Gasteiger partial charge on any atom is 0.406 e. The number of aliphatic hydroxyl groups excluding tert-OH is 1. The number of aliphatic hydroxyl groups is 1.